The van der Waals surface area contributed by atoms with Gasteiger partial charge in [-0.05, 0) is 51.1 Å². The number of piperidine rings is 1. The Kier molecular flexibility index (Phi) is 8.62. The third kappa shape index (κ3) is 6.12. The zero-order chi connectivity index (χ0) is 24.8. The van der Waals surface area contributed by atoms with Gasteiger partial charge in [-0.3, -0.25) is 4.68 Å². The van der Waals surface area contributed by atoms with Gasteiger partial charge in [0.05, 0.1) is 11.6 Å². The quantitative estimate of drug-likeness (QED) is 0.558. The van der Waals surface area contributed by atoms with Gasteiger partial charge in [0, 0.05) is 24.8 Å². The van der Waals surface area contributed by atoms with Crippen LogP contribution in [0.5, 0.6) is 0 Å². The van der Waals surface area contributed by atoms with Crippen molar-refractivity contribution in [1.29, 1.82) is 0 Å². The van der Waals surface area contributed by atoms with Gasteiger partial charge in [0.25, 0.3) is 0 Å². The summed E-state index contributed by atoms with van der Waals surface area (Å²) in [4.78, 5) is 21.2. The Labute approximate surface area is 205 Å². The van der Waals surface area contributed by atoms with Gasteiger partial charge in [0.1, 0.15) is 12.4 Å². The minimum absolute atomic E-state index is 0.225. The number of aromatic nitrogens is 5. The van der Waals surface area contributed by atoms with E-state index in [9.17, 15) is 4.79 Å². The van der Waals surface area contributed by atoms with Crippen LogP contribution in [-0.4, -0.2) is 61.4 Å². The molecule has 0 spiro atoms. The number of urea groups is 1. The summed E-state index contributed by atoms with van der Waals surface area (Å²) in [5.74, 6) is 1.95. The van der Waals surface area contributed by atoms with Crippen molar-refractivity contribution in [3.8, 4) is 11.4 Å². The van der Waals surface area contributed by atoms with Crippen molar-refractivity contribution in [1.82, 2.24) is 34.8 Å². The van der Waals surface area contributed by atoms with Crippen LogP contribution in [0.15, 0.2) is 28.9 Å². The van der Waals surface area contributed by atoms with Crippen LogP contribution in [0.4, 0.5) is 10.5 Å². The van der Waals surface area contributed by atoms with Crippen LogP contribution in [-0.2, 0) is 13.6 Å². The molecule has 184 valence electrons. The minimum atomic E-state index is -0.272. The highest BCUT2D eigenvalue weighted by Gasteiger charge is 2.35. The van der Waals surface area contributed by atoms with Crippen LogP contribution >= 0.6 is 11.6 Å². The molecule has 1 saturated heterocycles. The van der Waals surface area contributed by atoms with Crippen molar-refractivity contribution in [3.63, 3.8) is 0 Å². The fraction of sp³-hybridized carbons (Fsp3) is 0.522. The summed E-state index contributed by atoms with van der Waals surface area (Å²) in [5.41, 5.74) is 1.26. The monoisotopic (exact) mass is 488 g/mol. The summed E-state index contributed by atoms with van der Waals surface area (Å²) in [6.07, 6.45) is 3.28. The van der Waals surface area contributed by atoms with E-state index in [2.05, 4.69) is 32.5 Å². The fourth-order valence-corrected chi connectivity index (χ4v) is 3.99. The van der Waals surface area contributed by atoms with Gasteiger partial charge in [0.2, 0.25) is 11.8 Å². The van der Waals surface area contributed by atoms with Crippen LogP contribution < -0.4 is 5.32 Å². The van der Waals surface area contributed by atoms with Crippen molar-refractivity contribution in [3.05, 3.63) is 41.3 Å². The van der Waals surface area contributed by atoms with E-state index in [0.717, 1.165) is 12.8 Å². The Morgan fingerprint density at radius 2 is 2.06 bits per heavy atom. The molecule has 1 unspecified atom stereocenters. The molecule has 2 atom stereocenters. The van der Waals surface area contributed by atoms with E-state index >= 15 is 0 Å². The van der Waals surface area contributed by atoms with Crippen molar-refractivity contribution < 1.29 is 9.21 Å². The summed E-state index contributed by atoms with van der Waals surface area (Å²) >= 11 is 6.34. The summed E-state index contributed by atoms with van der Waals surface area (Å²) < 4.78 is 7.49. The topological polar surface area (TPSA) is 105 Å². The van der Waals surface area contributed by atoms with E-state index in [1.807, 2.05) is 32.8 Å². The molecule has 1 N–H and O–H groups in total. The Morgan fingerprint density at radius 3 is 2.74 bits per heavy atom. The maximum absolute atomic E-state index is 13.2. The second kappa shape index (κ2) is 11.4. The molecule has 1 aliphatic rings. The number of rotatable bonds is 5. The molecule has 2 amide bonds. The van der Waals surface area contributed by atoms with E-state index in [-0.39, 0.29) is 12.1 Å². The van der Waals surface area contributed by atoms with Crippen molar-refractivity contribution in [2.45, 2.75) is 46.2 Å². The molecule has 3 aromatic rings. The second-order valence-corrected chi connectivity index (χ2v) is 8.88. The molecule has 0 aliphatic carbocycles. The number of aryl methyl sites for hydroxylation is 1. The molecule has 11 heteroatoms. The van der Waals surface area contributed by atoms with E-state index in [1.54, 1.807) is 41.2 Å². The van der Waals surface area contributed by atoms with E-state index in [1.165, 1.54) is 0 Å². The smallest absolute Gasteiger partial charge is 0.322 e. The van der Waals surface area contributed by atoms with Crippen LogP contribution in [0, 0.1) is 5.92 Å². The number of hydrogen-bond donors (Lipinski definition) is 1. The Hall–Kier alpha value is -2.98. The number of likely N-dealkylation sites (tertiary alicyclic amines) is 1. The van der Waals surface area contributed by atoms with Gasteiger partial charge in [0.15, 0.2) is 5.82 Å². The van der Waals surface area contributed by atoms with E-state index in [4.69, 9.17) is 16.0 Å². The number of nitrogens with one attached hydrogen (secondary N) is 1. The van der Waals surface area contributed by atoms with Crippen molar-refractivity contribution >= 4 is 23.3 Å². The predicted octanol–water partition coefficient (Wildman–Crippen LogP) is 4.61. The minimum Gasteiger partial charge on any atom is -0.422 e. The zero-order valence-corrected chi connectivity index (χ0v) is 21.4. The molecule has 0 bridgehead atoms. The molecule has 3 heterocycles. The van der Waals surface area contributed by atoms with Gasteiger partial charge >= 0.3 is 6.03 Å². The first-order valence-electron chi connectivity index (χ1n) is 11.5. The van der Waals surface area contributed by atoms with Gasteiger partial charge in [-0.25, -0.2) is 9.78 Å². The number of carbonyl (C=O) groups is 1. The van der Waals surface area contributed by atoms with Crippen molar-refractivity contribution in [2.24, 2.45) is 13.0 Å². The molecule has 0 radical (unpaired) electrons. The first-order valence-corrected chi connectivity index (χ1v) is 11.9. The van der Waals surface area contributed by atoms with Crippen molar-refractivity contribution in [2.75, 3.05) is 26.0 Å². The Morgan fingerprint density at radius 1 is 1.29 bits per heavy atom. The first-order chi connectivity index (χ1) is 16.3. The lowest BCUT2D eigenvalue weighted by molar-refractivity contribution is 0.124. The predicted molar refractivity (Wildman–Crippen MR) is 131 cm³/mol. The fourth-order valence-electron chi connectivity index (χ4n) is 3.79. The van der Waals surface area contributed by atoms with Gasteiger partial charge in [-0.1, -0.05) is 32.4 Å². The molecular formula is C23H33ClN8O2. The molecule has 1 aromatic carbocycles. The molecule has 2 aromatic heterocycles. The first kappa shape index (κ1) is 25.6. The molecule has 0 saturated carbocycles. The summed E-state index contributed by atoms with van der Waals surface area (Å²) in [6.45, 7) is 7.33. The van der Waals surface area contributed by atoms with Gasteiger partial charge < -0.3 is 19.5 Å². The lowest BCUT2D eigenvalue weighted by Gasteiger charge is -2.36. The summed E-state index contributed by atoms with van der Waals surface area (Å²) in [7, 11) is 5.66. The molecule has 1 aliphatic heterocycles. The molecule has 1 fully saturated rings. The lowest BCUT2D eigenvalue weighted by Crippen LogP contribution is -2.43. The van der Waals surface area contributed by atoms with E-state index < -0.39 is 0 Å². The highest BCUT2D eigenvalue weighted by molar-refractivity contribution is 6.33. The maximum Gasteiger partial charge on any atom is 0.322 e. The summed E-state index contributed by atoms with van der Waals surface area (Å²) in [6, 6.07) is 4.77. The third-order valence-electron chi connectivity index (χ3n) is 5.40. The molecule has 34 heavy (non-hydrogen) atoms. The van der Waals surface area contributed by atoms with Crippen LogP contribution in [0.3, 0.4) is 0 Å². The highest BCUT2D eigenvalue weighted by Crippen LogP contribution is 2.34. The van der Waals surface area contributed by atoms with Crippen LogP contribution in [0.25, 0.3) is 11.4 Å². The van der Waals surface area contributed by atoms with E-state index in [0.29, 0.717) is 52.9 Å². The van der Waals surface area contributed by atoms with Gasteiger partial charge in [-0.15, -0.1) is 10.2 Å². The standard InChI is InChI=1S/C21H27ClN8O2.C2H6/c1-13-7-8-30(17(9-13)20-26-25-18(32-20)11-28(2)3)21(31)24-14-5-6-16(22)15(10-14)19-23-12-29(4)27-19;1-2/h5-6,10,12-13,17H,7-9,11H2,1-4H3,(H,24,31);1-2H3/t13-,17?;/m0./s1. The number of benzene rings is 1. The average Bonchev–Trinajstić information content (AvgIpc) is 3.45. The normalized spacial score (nSPS) is 17.9. The SMILES string of the molecule is CC.C[C@H]1CCN(C(=O)Nc2ccc(Cl)c(-c3ncn(C)n3)c2)C(c2nnc(CN(C)C)o2)C1. The number of hydrogen-bond acceptors (Lipinski definition) is 7. The lowest BCUT2D eigenvalue weighted by atomic mass is 9.92. The van der Waals surface area contributed by atoms with Gasteiger partial charge in [-0.2, -0.15) is 5.10 Å². The zero-order valence-electron chi connectivity index (χ0n) is 20.6. The number of carbonyl (C=O) groups excluding carboxylic acids is 1. The van der Waals surface area contributed by atoms with Crippen LogP contribution in [0.2, 0.25) is 5.02 Å². The largest absolute Gasteiger partial charge is 0.422 e. The number of nitrogens with zero attached hydrogens (tertiary/aromatic N) is 7. The maximum atomic E-state index is 13.2. The molecular weight excluding hydrogens is 456 g/mol. The number of halogens is 1. The number of amides is 2. The second-order valence-electron chi connectivity index (χ2n) is 8.48. The highest BCUT2D eigenvalue weighted by atomic mass is 35.5. The van der Waals surface area contributed by atoms with Crippen LogP contribution in [0.1, 0.15) is 51.4 Å². The third-order valence-corrected chi connectivity index (χ3v) is 5.73. The number of anilines is 1. The Balaban J connectivity index is 0.00000158. The Bertz CT molecular complexity index is 1100. The molecule has 4 rings (SSSR count). The average molecular weight is 489 g/mol. The molecule has 10 nitrogen and oxygen atoms in total. The summed E-state index contributed by atoms with van der Waals surface area (Å²) in [5, 5.41) is 16.2.